The lowest BCUT2D eigenvalue weighted by atomic mass is 10.2. The van der Waals surface area contributed by atoms with Crippen LogP contribution in [0.25, 0.3) is 0 Å². The van der Waals surface area contributed by atoms with Gasteiger partial charge >= 0.3 is 0 Å². The van der Waals surface area contributed by atoms with E-state index in [2.05, 4.69) is 20.2 Å². The smallest absolute Gasteiger partial charge is 0.207 e. The van der Waals surface area contributed by atoms with Crippen LogP contribution in [-0.2, 0) is 13.5 Å². The molecule has 0 radical (unpaired) electrons. The van der Waals surface area contributed by atoms with Crippen molar-refractivity contribution in [2.24, 2.45) is 7.05 Å². The highest BCUT2D eigenvalue weighted by Gasteiger charge is 2.12. The summed E-state index contributed by atoms with van der Waals surface area (Å²) in [5.41, 5.74) is 0. The fraction of sp³-hybridized carbons (Fsp3) is 0.250. The first kappa shape index (κ1) is 8.61. The summed E-state index contributed by atoms with van der Waals surface area (Å²) in [6, 6.07) is 0. The number of rotatable bonds is 3. The predicted molar refractivity (Wildman–Crippen MR) is 47.6 cm³/mol. The number of hydrogen-bond donors (Lipinski definition) is 1. The molecule has 0 aliphatic heterocycles. The maximum Gasteiger partial charge on any atom is 0.207 e. The molecule has 1 N–H and O–H groups in total. The van der Waals surface area contributed by atoms with Crippen LogP contribution in [0.1, 0.15) is 16.4 Å². The second-order valence-corrected chi connectivity index (χ2v) is 2.89. The lowest BCUT2D eigenvalue weighted by Crippen LogP contribution is -2.09. The lowest BCUT2D eigenvalue weighted by molar-refractivity contribution is 0.0980. The summed E-state index contributed by atoms with van der Waals surface area (Å²) in [5.74, 6) is 0.871. The topological polar surface area (TPSA) is 76.5 Å². The first-order valence-corrected chi connectivity index (χ1v) is 4.12. The van der Waals surface area contributed by atoms with Crippen LogP contribution < -0.4 is 0 Å². The maximum absolute atomic E-state index is 11.5. The normalized spacial score (nSPS) is 10.4. The number of aryl methyl sites for hydroxylation is 1. The number of ketones is 1. The zero-order chi connectivity index (χ0) is 9.97. The molecule has 0 aliphatic rings. The van der Waals surface area contributed by atoms with Crippen LogP contribution in [0.3, 0.4) is 0 Å². The minimum absolute atomic E-state index is 0.114. The van der Waals surface area contributed by atoms with Gasteiger partial charge in [0.15, 0.2) is 5.82 Å². The van der Waals surface area contributed by atoms with E-state index < -0.39 is 0 Å². The molecule has 2 aromatic rings. The molecule has 0 atom stereocenters. The molecule has 14 heavy (non-hydrogen) atoms. The quantitative estimate of drug-likeness (QED) is 0.691. The number of H-pyrrole nitrogens is 1. The first-order chi connectivity index (χ1) is 6.77. The number of carbonyl (C=O) groups excluding carboxylic acids is 1. The van der Waals surface area contributed by atoms with Gasteiger partial charge in [-0.05, 0) is 0 Å². The van der Waals surface area contributed by atoms with Gasteiger partial charge in [0.05, 0.1) is 6.42 Å². The Morgan fingerprint density at radius 3 is 3.00 bits per heavy atom. The molecule has 2 rings (SSSR count). The second kappa shape index (κ2) is 3.41. The minimum atomic E-state index is -0.114. The standard InChI is InChI=1S/C8H9N5O/c1-13-3-2-9-7(13)4-6(14)8-10-5-11-12-8/h2-3,5H,4H2,1H3,(H,10,11,12). The van der Waals surface area contributed by atoms with Gasteiger partial charge in [0.1, 0.15) is 12.2 Å². The Bertz CT molecular complexity index is 430. The molecule has 0 fully saturated rings. The number of aromatic amines is 1. The van der Waals surface area contributed by atoms with Gasteiger partial charge in [-0.25, -0.2) is 9.97 Å². The van der Waals surface area contributed by atoms with Gasteiger partial charge in [-0.1, -0.05) is 0 Å². The molecule has 6 nitrogen and oxygen atoms in total. The van der Waals surface area contributed by atoms with Crippen LogP contribution in [0.15, 0.2) is 18.7 Å². The van der Waals surface area contributed by atoms with E-state index in [-0.39, 0.29) is 18.0 Å². The van der Waals surface area contributed by atoms with Crippen molar-refractivity contribution in [3.05, 3.63) is 30.4 Å². The molecule has 6 heteroatoms. The maximum atomic E-state index is 11.5. The van der Waals surface area contributed by atoms with Crippen molar-refractivity contribution in [2.75, 3.05) is 0 Å². The molecule has 0 saturated carbocycles. The number of Topliss-reactive ketones (excluding diaryl/α,β-unsaturated/α-hetero) is 1. The number of carbonyl (C=O) groups is 1. The summed E-state index contributed by atoms with van der Waals surface area (Å²) in [5, 5.41) is 6.13. The number of hydrogen-bond acceptors (Lipinski definition) is 4. The van der Waals surface area contributed by atoms with E-state index in [4.69, 9.17) is 0 Å². The highest BCUT2D eigenvalue weighted by molar-refractivity contribution is 5.93. The highest BCUT2D eigenvalue weighted by Crippen LogP contribution is 2.00. The molecular formula is C8H9N5O. The Morgan fingerprint density at radius 2 is 2.43 bits per heavy atom. The molecule has 0 aromatic carbocycles. The third kappa shape index (κ3) is 1.54. The van der Waals surface area contributed by atoms with E-state index in [0.717, 1.165) is 0 Å². The number of imidazole rings is 1. The summed E-state index contributed by atoms with van der Waals surface area (Å²) in [6.07, 6.45) is 5.00. The van der Waals surface area contributed by atoms with Crippen LogP contribution >= 0.6 is 0 Å². The van der Waals surface area contributed by atoms with Gasteiger partial charge < -0.3 is 4.57 Å². The summed E-state index contributed by atoms with van der Waals surface area (Å²) < 4.78 is 1.80. The van der Waals surface area contributed by atoms with Gasteiger partial charge in [-0.3, -0.25) is 9.89 Å². The summed E-state index contributed by atoms with van der Waals surface area (Å²) in [7, 11) is 1.84. The number of nitrogens with one attached hydrogen (secondary N) is 1. The molecule has 0 saturated heterocycles. The zero-order valence-corrected chi connectivity index (χ0v) is 7.64. The van der Waals surface area contributed by atoms with E-state index in [9.17, 15) is 4.79 Å². The van der Waals surface area contributed by atoms with Crippen molar-refractivity contribution < 1.29 is 4.79 Å². The van der Waals surface area contributed by atoms with Gasteiger partial charge in [0, 0.05) is 19.4 Å². The molecule has 0 amide bonds. The molecule has 2 aromatic heterocycles. The third-order valence-electron chi connectivity index (χ3n) is 1.92. The van der Waals surface area contributed by atoms with E-state index in [0.29, 0.717) is 5.82 Å². The lowest BCUT2D eigenvalue weighted by Gasteiger charge is -1.98. The number of aromatic nitrogens is 5. The van der Waals surface area contributed by atoms with E-state index >= 15 is 0 Å². The summed E-state index contributed by atoms with van der Waals surface area (Å²) in [4.78, 5) is 19.4. The summed E-state index contributed by atoms with van der Waals surface area (Å²) >= 11 is 0. The van der Waals surface area contributed by atoms with Crippen LogP contribution in [-0.4, -0.2) is 30.5 Å². The average molecular weight is 191 g/mol. The van der Waals surface area contributed by atoms with Crippen molar-refractivity contribution in [1.29, 1.82) is 0 Å². The molecule has 0 spiro atoms. The van der Waals surface area contributed by atoms with Crippen LogP contribution in [0.4, 0.5) is 0 Å². The van der Waals surface area contributed by atoms with Crippen LogP contribution in [0, 0.1) is 0 Å². The Hall–Kier alpha value is -1.98. The fourth-order valence-corrected chi connectivity index (χ4v) is 1.13. The molecule has 0 bridgehead atoms. The van der Waals surface area contributed by atoms with Crippen molar-refractivity contribution >= 4 is 5.78 Å². The van der Waals surface area contributed by atoms with E-state index in [1.54, 1.807) is 17.0 Å². The zero-order valence-electron chi connectivity index (χ0n) is 7.64. The number of nitrogens with zero attached hydrogens (tertiary/aromatic N) is 4. The third-order valence-corrected chi connectivity index (χ3v) is 1.92. The molecular weight excluding hydrogens is 182 g/mol. The Kier molecular flexibility index (Phi) is 2.10. The van der Waals surface area contributed by atoms with Crippen molar-refractivity contribution in [3.8, 4) is 0 Å². The van der Waals surface area contributed by atoms with E-state index in [1.807, 2.05) is 7.05 Å². The minimum Gasteiger partial charge on any atom is -0.338 e. The van der Waals surface area contributed by atoms with Gasteiger partial charge in [0.25, 0.3) is 0 Å². The highest BCUT2D eigenvalue weighted by atomic mass is 16.1. The van der Waals surface area contributed by atoms with Gasteiger partial charge in [0.2, 0.25) is 5.78 Å². The first-order valence-electron chi connectivity index (χ1n) is 4.12. The second-order valence-electron chi connectivity index (χ2n) is 2.89. The van der Waals surface area contributed by atoms with Gasteiger partial charge in [-0.15, -0.1) is 0 Å². The molecule has 0 aliphatic carbocycles. The predicted octanol–water partition coefficient (Wildman–Crippen LogP) is -0.0364. The Balaban J connectivity index is 2.13. The van der Waals surface area contributed by atoms with E-state index in [1.165, 1.54) is 6.33 Å². The van der Waals surface area contributed by atoms with Crippen molar-refractivity contribution in [1.82, 2.24) is 24.7 Å². The Morgan fingerprint density at radius 1 is 1.57 bits per heavy atom. The molecule has 0 unspecified atom stereocenters. The largest absolute Gasteiger partial charge is 0.338 e. The summed E-state index contributed by atoms with van der Waals surface area (Å²) in [6.45, 7) is 0. The van der Waals surface area contributed by atoms with Crippen molar-refractivity contribution in [3.63, 3.8) is 0 Å². The molecule has 72 valence electrons. The SMILES string of the molecule is Cn1ccnc1CC(=O)c1ncn[nH]1. The molecule has 2 heterocycles. The average Bonchev–Trinajstić information content (AvgIpc) is 2.77. The van der Waals surface area contributed by atoms with Gasteiger partial charge in [-0.2, -0.15) is 5.10 Å². The Labute approximate surface area is 80.0 Å². The van der Waals surface area contributed by atoms with Crippen molar-refractivity contribution in [2.45, 2.75) is 6.42 Å². The van der Waals surface area contributed by atoms with Crippen LogP contribution in [0.5, 0.6) is 0 Å². The fourth-order valence-electron chi connectivity index (χ4n) is 1.13. The van der Waals surface area contributed by atoms with Crippen LogP contribution in [0.2, 0.25) is 0 Å². The monoisotopic (exact) mass is 191 g/mol.